The number of amides is 2. The van der Waals surface area contributed by atoms with E-state index in [1.54, 1.807) is 42.3 Å². The Bertz CT molecular complexity index is 1140. The molecule has 2 atom stereocenters. The predicted octanol–water partition coefficient (Wildman–Crippen LogP) is 4.19. The highest BCUT2D eigenvalue weighted by Crippen LogP contribution is 2.44. The lowest BCUT2D eigenvalue weighted by Crippen LogP contribution is -2.47. The number of methoxy groups -OCH3 is 1. The Labute approximate surface area is 184 Å². The van der Waals surface area contributed by atoms with Crippen LogP contribution in [0.15, 0.2) is 66.0 Å². The Kier molecular flexibility index (Phi) is 6.12. The molecule has 2 heterocycles. The molecule has 0 unspecified atom stereocenters. The SMILES string of the molecule is COCCN1C(=O)c2ccccc2[C@H](C(=O)Nc2cccc(C#N)c2)[C@@H]1c1cccs1. The highest BCUT2D eigenvalue weighted by Gasteiger charge is 2.44. The average Bonchev–Trinajstić information content (AvgIpc) is 3.33. The minimum atomic E-state index is -0.602. The third-order valence-electron chi connectivity index (χ3n) is 5.35. The number of benzene rings is 2. The Morgan fingerprint density at radius 2 is 2.03 bits per heavy atom. The highest BCUT2D eigenvalue weighted by molar-refractivity contribution is 7.10. The molecule has 2 amide bonds. The van der Waals surface area contributed by atoms with Crippen LogP contribution in [-0.4, -0.2) is 37.0 Å². The number of nitrogens with zero attached hydrogens (tertiary/aromatic N) is 2. The topological polar surface area (TPSA) is 82.4 Å². The second-order valence-corrected chi connectivity index (χ2v) is 8.18. The summed E-state index contributed by atoms with van der Waals surface area (Å²) in [5.74, 6) is -0.937. The molecule has 3 aromatic rings. The number of nitrogens with one attached hydrogen (secondary N) is 1. The summed E-state index contributed by atoms with van der Waals surface area (Å²) in [6, 6.07) is 19.6. The minimum absolute atomic E-state index is 0.110. The standard InChI is InChI=1S/C24H21N3O3S/c1-30-12-11-27-22(20-10-5-13-31-20)21(18-8-2-3-9-19(18)24(27)29)23(28)26-17-7-4-6-16(14-17)15-25/h2-10,13-14,21-22H,11-12H2,1H3,(H,26,28)/t21-,22-/m0/s1. The monoisotopic (exact) mass is 431 g/mol. The molecule has 1 aliphatic rings. The molecule has 0 radical (unpaired) electrons. The van der Waals surface area contributed by atoms with Crippen LogP contribution in [0.4, 0.5) is 5.69 Å². The molecule has 4 rings (SSSR count). The van der Waals surface area contributed by atoms with Crippen LogP contribution in [0.1, 0.15) is 38.3 Å². The molecule has 0 aliphatic carbocycles. The van der Waals surface area contributed by atoms with E-state index in [1.165, 1.54) is 11.3 Å². The van der Waals surface area contributed by atoms with Crippen molar-refractivity contribution in [2.24, 2.45) is 0 Å². The van der Waals surface area contributed by atoms with E-state index in [0.717, 1.165) is 4.88 Å². The number of fused-ring (bicyclic) bond motifs is 1. The van der Waals surface area contributed by atoms with Gasteiger partial charge in [-0.3, -0.25) is 9.59 Å². The van der Waals surface area contributed by atoms with Gasteiger partial charge in [-0.1, -0.05) is 30.3 Å². The van der Waals surface area contributed by atoms with E-state index in [2.05, 4.69) is 11.4 Å². The second kappa shape index (κ2) is 9.13. The zero-order chi connectivity index (χ0) is 21.8. The maximum atomic E-state index is 13.6. The third kappa shape index (κ3) is 4.08. The van der Waals surface area contributed by atoms with Gasteiger partial charge in [0.2, 0.25) is 5.91 Å². The summed E-state index contributed by atoms with van der Waals surface area (Å²) >= 11 is 1.52. The van der Waals surface area contributed by atoms with E-state index in [1.807, 2.05) is 35.7 Å². The summed E-state index contributed by atoms with van der Waals surface area (Å²) in [5.41, 5.74) is 2.24. The van der Waals surface area contributed by atoms with Crippen LogP contribution in [0.25, 0.3) is 0 Å². The van der Waals surface area contributed by atoms with Gasteiger partial charge in [0.15, 0.2) is 0 Å². The van der Waals surface area contributed by atoms with Crippen LogP contribution in [0.5, 0.6) is 0 Å². The van der Waals surface area contributed by atoms with Gasteiger partial charge < -0.3 is 15.0 Å². The van der Waals surface area contributed by atoms with Crippen LogP contribution in [-0.2, 0) is 9.53 Å². The summed E-state index contributed by atoms with van der Waals surface area (Å²) < 4.78 is 5.24. The summed E-state index contributed by atoms with van der Waals surface area (Å²) in [4.78, 5) is 29.6. The molecule has 1 aromatic heterocycles. The zero-order valence-corrected chi connectivity index (χ0v) is 17.8. The molecular formula is C24H21N3O3S. The maximum Gasteiger partial charge on any atom is 0.254 e. The largest absolute Gasteiger partial charge is 0.383 e. The number of anilines is 1. The molecule has 31 heavy (non-hydrogen) atoms. The normalized spacial score (nSPS) is 17.7. The van der Waals surface area contributed by atoms with Crippen molar-refractivity contribution in [2.45, 2.75) is 12.0 Å². The summed E-state index contributed by atoms with van der Waals surface area (Å²) in [5, 5.41) is 14.1. The Morgan fingerprint density at radius 1 is 1.19 bits per heavy atom. The van der Waals surface area contributed by atoms with Gasteiger partial charge in [0.1, 0.15) is 0 Å². The van der Waals surface area contributed by atoms with Gasteiger partial charge in [-0.15, -0.1) is 11.3 Å². The van der Waals surface area contributed by atoms with Gasteiger partial charge in [0, 0.05) is 29.8 Å². The fraction of sp³-hybridized carbons (Fsp3) is 0.208. The van der Waals surface area contributed by atoms with E-state index < -0.39 is 12.0 Å². The molecule has 0 saturated heterocycles. The van der Waals surface area contributed by atoms with Crippen LogP contribution in [0.3, 0.4) is 0 Å². The fourth-order valence-electron chi connectivity index (χ4n) is 3.97. The van der Waals surface area contributed by atoms with Crippen molar-refractivity contribution in [1.82, 2.24) is 4.90 Å². The number of ether oxygens (including phenoxy) is 1. The fourth-order valence-corrected chi connectivity index (χ4v) is 4.85. The lowest BCUT2D eigenvalue weighted by atomic mass is 9.81. The zero-order valence-electron chi connectivity index (χ0n) is 16.9. The summed E-state index contributed by atoms with van der Waals surface area (Å²) in [6.45, 7) is 0.744. The number of carbonyl (C=O) groups excluding carboxylic acids is 2. The minimum Gasteiger partial charge on any atom is -0.383 e. The van der Waals surface area contributed by atoms with Crippen molar-refractivity contribution in [2.75, 3.05) is 25.6 Å². The molecule has 2 aromatic carbocycles. The van der Waals surface area contributed by atoms with Gasteiger partial charge >= 0.3 is 0 Å². The predicted molar refractivity (Wildman–Crippen MR) is 119 cm³/mol. The quantitative estimate of drug-likeness (QED) is 0.635. The van der Waals surface area contributed by atoms with E-state index in [4.69, 9.17) is 4.74 Å². The summed E-state index contributed by atoms with van der Waals surface area (Å²) in [7, 11) is 1.59. The first kappa shape index (κ1) is 20.8. The number of thiophene rings is 1. The van der Waals surface area contributed by atoms with Gasteiger partial charge in [0.25, 0.3) is 5.91 Å². The molecule has 0 bridgehead atoms. The molecule has 7 heteroatoms. The van der Waals surface area contributed by atoms with Gasteiger partial charge in [-0.05, 0) is 41.3 Å². The van der Waals surface area contributed by atoms with Crippen LogP contribution in [0.2, 0.25) is 0 Å². The molecular weight excluding hydrogens is 410 g/mol. The highest BCUT2D eigenvalue weighted by atomic mass is 32.1. The molecule has 0 saturated carbocycles. The van der Waals surface area contributed by atoms with Gasteiger partial charge in [0.05, 0.1) is 30.2 Å². The van der Waals surface area contributed by atoms with Crippen molar-refractivity contribution in [3.8, 4) is 6.07 Å². The van der Waals surface area contributed by atoms with Gasteiger partial charge in [-0.2, -0.15) is 5.26 Å². The smallest absolute Gasteiger partial charge is 0.254 e. The molecule has 0 fully saturated rings. The molecule has 1 N–H and O–H groups in total. The number of carbonyl (C=O) groups is 2. The molecule has 1 aliphatic heterocycles. The first-order valence-electron chi connectivity index (χ1n) is 9.87. The van der Waals surface area contributed by atoms with Crippen molar-refractivity contribution < 1.29 is 14.3 Å². The number of hydrogen-bond acceptors (Lipinski definition) is 5. The van der Waals surface area contributed by atoms with E-state index in [0.29, 0.717) is 35.5 Å². The van der Waals surface area contributed by atoms with Crippen molar-refractivity contribution in [1.29, 1.82) is 5.26 Å². The molecule has 0 spiro atoms. The molecule has 156 valence electrons. The average molecular weight is 432 g/mol. The maximum absolute atomic E-state index is 13.6. The first-order chi connectivity index (χ1) is 15.1. The van der Waals surface area contributed by atoms with Crippen molar-refractivity contribution >= 4 is 28.8 Å². The number of hydrogen-bond donors (Lipinski definition) is 1. The van der Waals surface area contributed by atoms with Gasteiger partial charge in [-0.25, -0.2) is 0 Å². The second-order valence-electron chi connectivity index (χ2n) is 7.20. The van der Waals surface area contributed by atoms with Crippen molar-refractivity contribution in [3.63, 3.8) is 0 Å². The van der Waals surface area contributed by atoms with E-state index in [-0.39, 0.29) is 11.8 Å². The lowest BCUT2D eigenvalue weighted by Gasteiger charge is -2.41. The van der Waals surface area contributed by atoms with Crippen molar-refractivity contribution in [3.05, 3.63) is 87.6 Å². The van der Waals surface area contributed by atoms with Crippen LogP contribution >= 0.6 is 11.3 Å². The Morgan fingerprint density at radius 3 is 2.77 bits per heavy atom. The van der Waals surface area contributed by atoms with E-state index >= 15 is 0 Å². The summed E-state index contributed by atoms with van der Waals surface area (Å²) in [6.07, 6.45) is 0. The molecule has 6 nitrogen and oxygen atoms in total. The lowest BCUT2D eigenvalue weighted by molar-refractivity contribution is -0.119. The first-order valence-corrected chi connectivity index (χ1v) is 10.7. The number of nitriles is 1. The third-order valence-corrected chi connectivity index (χ3v) is 6.29. The van der Waals surface area contributed by atoms with Crippen LogP contribution < -0.4 is 5.32 Å². The van der Waals surface area contributed by atoms with E-state index in [9.17, 15) is 14.9 Å². The van der Waals surface area contributed by atoms with Crippen LogP contribution in [0, 0.1) is 11.3 Å². The Hall–Kier alpha value is -3.47. The number of rotatable bonds is 6. The Balaban J connectivity index is 1.79.